The van der Waals surface area contributed by atoms with E-state index in [1.165, 1.54) is 109 Å². The van der Waals surface area contributed by atoms with Crippen LogP contribution in [0.15, 0.2) is 24.8 Å². The molecule has 51 heavy (non-hydrogen) atoms. The Balaban J connectivity index is 4.16. The standard InChI is InChI=1S/C41H78NO8P/c1-3-5-7-9-11-13-15-17-19-21-23-25-27-29-31-33-40(43)47-37-39(38-49-51(45,46)48-36-35-42)50-41(44)34-32-30-28-26-24-22-20-18-16-14-12-10-8-6-4-2/h3,18,20,39H,1,4-17,19,21-38,42H2,2H3,(H,45,46)/b20-18+/t39-/m1/s1. The quantitative estimate of drug-likeness (QED) is 0.0272. The predicted octanol–water partition coefficient (Wildman–Crippen LogP) is 11.6. The number of ether oxygens (including phenoxy) is 2. The van der Waals surface area contributed by atoms with Gasteiger partial charge >= 0.3 is 19.8 Å². The molecule has 10 heteroatoms. The number of esters is 2. The molecule has 0 aromatic carbocycles. The molecule has 0 spiro atoms. The van der Waals surface area contributed by atoms with E-state index in [4.69, 9.17) is 24.3 Å². The summed E-state index contributed by atoms with van der Waals surface area (Å²) in [7, 11) is -4.37. The lowest BCUT2D eigenvalue weighted by Gasteiger charge is -2.19. The van der Waals surface area contributed by atoms with Crippen LogP contribution in [0.2, 0.25) is 0 Å². The molecule has 0 aromatic rings. The molecule has 2 atom stereocenters. The Morgan fingerprint density at radius 1 is 0.627 bits per heavy atom. The first kappa shape index (κ1) is 49.5. The summed E-state index contributed by atoms with van der Waals surface area (Å²) < 4.78 is 32.7. The third-order valence-corrected chi connectivity index (χ3v) is 9.94. The molecule has 0 saturated carbocycles. The molecule has 1 unspecified atom stereocenters. The average Bonchev–Trinajstić information content (AvgIpc) is 3.11. The van der Waals surface area contributed by atoms with E-state index in [1.54, 1.807) is 0 Å². The molecule has 0 aliphatic heterocycles. The van der Waals surface area contributed by atoms with Crippen LogP contribution in [0.1, 0.15) is 193 Å². The molecule has 3 N–H and O–H groups in total. The van der Waals surface area contributed by atoms with Crippen LogP contribution in [0.4, 0.5) is 0 Å². The average molecular weight is 744 g/mol. The van der Waals surface area contributed by atoms with Crippen LogP contribution in [-0.4, -0.2) is 49.3 Å². The summed E-state index contributed by atoms with van der Waals surface area (Å²) in [4.78, 5) is 34.8. The van der Waals surface area contributed by atoms with Crippen molar-refractivity contribution in [2.45, 2.75) is 199 Å². The van der Waals surface area contributed by atoms with Gasteiger partial charge in [-0.15, -0.1) is 6.58 Å². The first-order chi connectivity index (χ1) is 24.8. The Bertz CT molecular complexity index is 884. The van der Waals surface area contributed by atoms with Gasteiger partial charge in [0.05, 0.1) is 13.2 Å². The highest BCUT2D eigenvalue weighted by Crippen LogP contribution is 2.43. The third-order valence-electron chi connectivity index (χ3n) is 8.96. The molecule has 9 nitrogen and oxygen atoms in total. The van der Waals surface area contributed by atoms with Crippen molar-refractivity contribution in [3.8, 4) is 0 Å². The summed E-state index contributed by atoms with van der Waals surface area (Å²) in [6, 6.07) is 0. The zero-order valence-corrected chi connectivity index (χ0v) is 33.6. The molecule has 0 amide bonds. The summed E-state index contributed by atoms with van der Waals surface area (Å²) in [6.45, 7) is 5.24. The lowest BCUT2D eigenvalue weighted by molar-refractivity contribution is -0.161. The Hall–Kier alpha value is -1.51. The minimum Gasteiger partial charge on any atom is -0.462 e. The molecule has 0 radical (unpaired) electrons. The van der Waals surface area contributed by atoms with Gasteiger partial charge in [0.2, 0.25) is 0 Å². The van der Waals surface area contributed by atoms with Gasteiger partial charge in [-0.05, 0) is 51.4 Å². The van der Waals surface area contributed by atoms with Gasteiger partial charge in [-0.25, -0.2) is 4.57 Å². The lowest BCUT2D eigenvalue weighted by atomic mass is 10.0. The van der Waals surface area contributed by atoms with Crippen LogP contribution >= 0.6 is 7.82 Å². The molecule has 300 valence electrons. The number of phosphoric acid groups is 1. The smallest absolute Gasteiger partial charge is 0.462 e. The topological polar surface area (TPSA) is 134 Å². The van der Waals surface area contributed by atoms with Crippen molar-refractivity contribution in [1.82, 2.24) is 0 Å². The van der Waals surface area contributed by atoms with Gasteiger partial charge in [0, 0.05) is 19.4 Å². The fraction of sp³-hybridized carbons (Fsp3) is 0.854. The van der Waals surface area contributed by atoms with Crippen LogP contribution in [-0.2, 0) is 32.7 Å². The second-order valence-corrected chi connectivity index (χ2v) is 15.4. The highest BCUT2D eigenvalue weighted by Gasteiger charge is 2.26. The number of rotatable bonds is 40. The zero-order valence-electron chi connectivity index (χ0n) is 32.7. The number of carbonyl (C=O) groups excluding carboxylic acids is 2. The number of allylic oxidation sites excluding steroid dienone is 3. The normalized spacial score (nSPS) is 13.3. The van der Waals surface area contributed by atoms with Crippen LogP contribution in [0.5, 0.6) is 0 Å². The van der Waals surface area contributed by atoms with Crippen molar-refractivity contribution in [1.29, 1.82) is 0 Å². The monoisotopic (exact) mass is 744 g/mol. The highest BCUT2D eigenvalue weighted by molar-refractivity contribution is 7.47. The molecule has 0 bridgehead atoms. The second kappa shape index (κ2) is 38.2. The predicted molar refractivity (Wildman–Crippen MR) is 211 cm³/mol. The van der Waals surface area contributed by atoms with E-state index >= 15 is 0 Å². The number of carbonyl (C=O) groups is 2. The Kier molecular flexibility index (Phi) is 37.1. The summed E-state index contributed by atoms with van der Waals surface area (Å²) in [5.41, 5.74) is 5.34. The number of hydrogen-bond acceptors (Lipinski definition) is 8. The Morgan fingerprint density at radius 3 is 1.53 bits per heavy atom. The number of unbranched alkanes of at least 4 members (excludes halogenated alkanes) is 24. The van der Waals surface area contributed by atoms with E-state index in [0.29, 0.717) is 6.42 Å². The van der Waals surface area contributed by atoms with E-state index in [0.717, 1.165) is 57.8 Å². The lowest BCUT2D eigenvalue weighted by Crippen LogP contribution is -2.29. The molecule has 0 saturated heterocycles. The summed E-state index contributed by atoms with van der Waals surface area (Å²) in [6.07, 6.45) is 38.1. The maximum Gasteiger partial charge on any atom is 0.472 e. The fourth-order valence-corrected chi connectivity index (χ4v) is 6.61. The third kappa shape index (κ3) is 38.0. The van der Waals surface area contributed by atoms with Crippen molar-refractivity contribution in [2.24, 2.45) is 5.73 Å². The van der Waals surface area contributed by atoms with Gasteiger partial charge in [-0.2, -0.15) is 0 Å². The van der Waals surface area contributed by atoms with Crippen LogP contribution in [0.3, 0.4) is 0 Å². The van der Waals surface area contributed by atoms with Crippen molar-refractivity contribution in [3.63, 3.8) is 0 Å². The highest BCUT2D eigenvalue weighted by atomic mass is 31.2. The van der Waals surface area contributed by atoms with E-state index in [-0.39, 0.29) is 38.6 Å². The molecular weight excluding hydrogens is 665 g/mol. The maximum absolute atomic E-state index is 12.5. The van der Waals surface area contributed by atoms with Crippen LogP contribution in [0.25, 0.3) is 0 Å². The number of nitrogens with two attached hydrogens (primary N) is 1. The van der Waals surface area contributed by atoms with Gasteiger partial charge in [0.15, 0.2) is 6.10 Å². The largest absolute Gasteiger partial charge is 0.472 e. The zero-order chi connectivity index (χ0) is 37.5. The van der Waals surface area contributed by atoms with E-state index in [9.17, 15) is 19.0 Å². The van der Waals surface area contributed by atoms with Crippen molar-refractivity contribution >= 4 is 19.8 Å². The van der Waals surface area contributed by atoms with Crippen LogP contribution < -0.4 is 5.73 Å². The fourth-order valence-electron chi connectivity index (χ4n) is 5.84. The molecular formula is C41H78NO8P. The Morgan fingerprint density at radius 2 is 1.06 bits per heavy atom. The first-order valence-electron chi connectivity index (χ1n) is 20.8. The van der Waals surface area contributed by atoms with E-state index < -0.39 is 26.5 Å². The number of phosphoric ester groups is 1. The molecule has 0 aromatic heterocycles. The maximum atomic E-state index is 12.5. The minimum atomic E-state index is -4.37. The van der Waals surface area contributed by atoms with Gasteiger partial charge in [-0.3, -0.25) is 18.6 Å². The molecule has 0 aliphatic rings. The van der Waals surface area contributed by atoms with E-state index in [2.05, 4.69) is 25.7 Å². The summed E-state index contributed by atoms with van der Waals surface area (Å²) >= 11 is 0. The van der Waals surface area contributed by atoms with Crippen molar-refractivity contribution < 1.29 is 37.6 Å². The second-order valence-electron chi connectivity index (χ2n) is 13.9. The molecule has 0 aliphatic carbocycles. The summed E-state index contributed by atoms with van der Waals surface area (Å²) in [5, 5.41) is 0. The first-order valence-corrected chi connectivity index (χ1v) is 22.3. The minimum absolute atomic E-state index is 0.0527. The van der Waals surface area contributed by atoms with Crippen molar-refractivity contribution in [3.05, 3.63) is 24.8 Å². The van der Waals surface area contributed by atoms with Gasteiger partial charge < -0.3 is 20.1 Å². The number of hydrogen-bond donors (Lipinski definition) is 2. The molecule has 0 fully saturated rings. The van der Waals surface area contributed by atoms with Crippen LogP contribution in [0, 0.1) is 0 Å². The van der Waals surface area contributed by atoms with Crippen molar-refractivity contribution in [2.75, 3.05) is 26.4 Å². The molecule has 0 rings (SSSR count). The summed E-state index contributed by atoms with van der Waals surface area (Å²) in [5.74, 6) is -0.837. The van der Waals surface area contributed by atoms with Gasteiger partial charge in [0.1, 0.15) is 6.61 Å². The SMILES string of the molecule is C=CCCCCCCCCCCCCCCCC(=O)OC[C@H](COP(=O)(O)OCCN)OC(=O)CCCCCCC/C=C/CCCCCCCC. The van der Waals surface area contributed by atoms with E-state index in [1.807, 2.05) is 6.08 Å². The van der Waals surface area contributed by atoms with Gasteiger partial charge in [0.25, 0.3) is 0 Å². The molecule has 0 heterocycles. The van der Waals surface area contributed by atoms with Gasteiger partial charge in [-0.1, -0.05) is 147 Å². The Labute approximate surface area is 312 Å².